The molecule has 1 amide bonds. The maximum atomic E-state index is 12.3. The second-order valence-corrected chi connectivity index (χ2v) is 6.58. The van der Waals surface area contributed by atoms with Crippen molar-refractivity contribution in [1.29, 1.82) is 0 Å². The Morgan fingerprint density at radius 2 is 1.76 bits per heavy atom. The number of aromatic carboxylic acids is 1. The average Bonchev–Trinajstić information content (AvgIpc) is 2.38. The molecule has 0 aromatic heterocycles. The molecule has 0 aliphatic carbocycles. The lowest BCUT2D eigenvalue weighted by Crippen LogP contribution is -2.37. The zero-order valence-electron chi connectivity index (χ0n) is 11.8. The molecule has 1 rings (SSSR count). The number of phenols is 1. The molecule has 0 aliphatic heterocycles. The summed E-state index contributed by atoms with van der Waals surface area (Å²) in [5, 5.41) is 18.3. The Kier molecular flexibility index (Phi) is 4.92. The molecule has 9 heteroatoms. The first-order valence-electron chi connectivity index (χ1n) is 5.80. The summed E-state index contributed by atoms with van der Waals surface area (Å²) in [4.78, 5) is 23.4. The summed E-state index contributed by atoms with van der Waals surface area (Å²) < 4.78 is 25.3. The van der Waals surface area contributed by atoms with Crippen LogP contribution >= 0.6 is 0 Å². The van der Waals surface area contributed by atoms with E-state index in [2.05, 4.69) is 0 Å². The highest BCUT2D eigenvalue weighted by atomic mass is 32.2. The molecular weight excluding hydrogens is 300 g/mol. The van der Waals surface area contributed by atoms with Crippen molar-refractivity contribution in [2.75, 3.05) is 27.7 Å². The minimum absolute atomic E-state index is 0.313. The smallest absolute Gasteiger partial charge is 0.339 e. The van der Waals surface area contributed by atoms with Gasteiger partial charge in [0.1, 0.15) is 11.3 Å². The molecule has 0 spiro atoms. The van der Waals surface area contributed by atoms with Gasteiger partial charge in [0.05, 0.1) is 11.4 Å². The lowest BCUT2D eigenvalue weighted by molar-refractivity contribution is -0.128. The zero-order valence-corrected chi connectivity index (χ0v) is 12.6. The first kappa shape index (κ1) is 16.9. The summed E-state index contributed by atoms with van der Waals surface area (Å²) in [5.74, 6) is -2.40. The van der Waals surface area contributed by atoms with Crippen LogP contribution in [0.5, 0.6) is 5.75 Å². The molecule has 0 aliphatic rings. The molecule has 8 nitrogen and oxygen atoms in total. The molecule has 0 radical (unpaired) electrons. The van der Waals surface area contributed by atoms with Crippen LogP contribution in [0.2, 0.25) is 0 Å². The molecule has 0 unspecified atom stereocenters. The Balaban J connectivity index is 3.16. The third-order valence-corrected chi connectivity index (χ3v) is 4.56. The quantitative estimate of drug-likeness (QED) is 0.777. The van der Waals surface area contributed by atoms with Crippen molar-refractivity contribution in [2.24, 2.45) is 0 Å². The largest absolute Gasteiger partial charge is 0.507 e. The molecule has 0 fully saturated rings. The van der Waals surface area contributed by atoms with Crippen LogP contribution < -0.4 is 0 Å². The Hall–Kier alpha value is -2.13. The van der Waals surface area contributed by atoms with E-state index in [-0.39, 0.29) is 11.4 Å². The van der Waals surface area contributed by atoms with Crippen molar-refractivity contribution >= 4 is 21.9 Å². The molecular formula is C12H16N2O6S. The number of hydrogen-bond acceptors (Lipinski definition) is 5. The summed E-state index contributed by atoms with van der Waals surface area (Å²) in [7, 11) is 0.167. The molecule has 21 heavy (non-hydrogen) atoms. The van der Waals surface area contributed by atoms with Gasteiger partial charge in [0.25, 0.3) is 0 Å². The van der Waals surface area contributed by atoms with E-state index in [1.165, 1.54) is 26.0 Å². The van der Waals surface area contributed by atoms with Crippen LogP contribution in [0.4, 0.5) is 0 Å². The molecule has 1 aromatic rings. The fourth-order valence-corrected chi connectivity index (χ4v) is 2.59. The minimum Gasteiger partial charge on any atom is -0.507 e. The molecule has 1 aromatic carbocycles. The van der Waals surface area contributed by atoms with E-state index >= 15 is 0 Å². The van der Waals surface area contributed by atoms with Crippen LogP contribution in [0.15, 0.2) is 23.1 Å². The first-order chi connectivity index (χ1) is 9.57. The summed E-state index contributed by atoms with van der Waals surface area (Å²) in [6.45, 7) is -0.376. The Morgan fingerprint density at radius 1 is 1.19 bits per heavy atom. The van der Waals surface area contributed by atoms with E-state index in [0.717, 1.165) is 22.5 Å². The van der Waals surface area contributed by atoms with Gasteiger partial charge in [-0.05, 0) is 18.2 Å². The molecule has 0 saturated carbocycles. The molecule has 0 saturated heterocycles. The third kappa shape index (κ3) is 3.70. The van der Waals surface area contributed by atoms with E-state index in [9.17, 15) is 23.1 Å². The molecule has 0 heterocycles. The third-order valence-electron chi connectivity index (χ3n) is 2.76. The van der Waals surface area contributed by atoms with Gasteiger partial charge in [-0.1, -0.05) is 0 Å². The summed E-state index contributed by atoms with van der Waals surface area (Å²) in [6, 6.07) is 2.91. The monoisotopic (exact) mass is 316 g/mol. The summed E-state index contributed by atoms with van der Waals surface area (Å²) in [5.41, 5.74) is -0.525. The van der Waals surface area contributed by atoms with E-state index in [1.807, 2.05) is 0 Å². The number of rotatable bonds is 5. The number of amides is 1. The first-order valence-corrected chi connectivity index (χ1v) is 7.24. The summed E-state index contributed by atoms with van der Waals surface area (Å²) >= 11 is 0. The van der Waals surface area contributed by atoms with Gasteiger partial charge in [-0.3, -0.25) is 4.79 Å². The number of hydrogen-bond donors (Lipinski definition) is 2. The maximum Gasteiger partial charge on any atom is 0.339 e. The van der Waals surface area contributed by atoms with Gasteiger partial charge in [0, 0.05) is 21.1 Å². The number of benzene rings is 1. The van der Waals surface area contributed by atoms with Crippen molar-refractivity contribution in [3.8, 4) is 5.75 Å². The van der Waals surface area contributed by atoms with Crippen molar-refractivity contribution in [3.05, 3.63) is 23.8 Å². The van der Waals surface area contributed by atoms with Gasteiger partial charge in [0.2, 0.25) is 15.9 Å². The number of nitrogens with zero attached hydrogens (tertiary/aromatic N) is 2. The topological polar surface area (TPSA) is 115 Å². The van der Waals surface area contributed by atoms with Crippen molar-refractivity contribution in [1.82, 2.24) is 9.21 Å². The number of likely N-dealkylation sites (N-methyl/N-ethyl adjacent to an activating group) is 2. The van der Waals surface area contributed by atoms with Gasteiger partial charge < -0.3 is 15.1 Å². The van der Waals surface area contributed by atoms with E-state index in [1.54, 1.807) is 0 Å². The number of sulfonamides is 1. The second kappa shape index (κ2) is 6.10. The van der Waals surface area contributed by atoms with Crippen LogP contribution in [-0.4, -0.2) is 67.4 Å². The SMILES string of the molecule is CN(C)C(=O)CN(C)S(=O)(=O)c1ccc(O)c(C(=O)O)c1. The predicted octanol–water partition coefficient (Wildman–Crippen LogP) is -0.201. The highest BCUT2D eigenvalue weighted by molar-refractivity contribution is 7.89. The van der Waals surface area contributed by atoms with Crippen LogP contribution in [0.3, 0.4) is 0 Å². The van der Waals surface area contributed by atoms with Crippen LogP contribution in [-0.2, 0) is 14.8 Å². The predicted molar refractivity (Wildman–Crippen MR) is 73.6 cm³/mol. The lowest BCUT2D eigenvalue weighted by Gasteiger charge is -2.19. The van der Waals surface area contributed by atoms with E-state index < -0.39 is 33.2 Å². The number of carboxylic acid groups (broad SMARTS) is 1. The van der Waals surface area contributed by atoms with Crippen LogP contribution in [0.1, 0.15) is 10.4 Å². The van der Waals surface area contributed by atoms with Crippen LogP contribution in [0, 0.1) is 0 Å². The van der Waals surface area contributed by atoms with E-state index in [4.69, 9.17) is 5.11 Å². The maximum absolute atomic E-state index is 12.3. The van der Waals surface area contributed by atoms with Gasteiger partial charge in [0.15, 0.2) is 0 Å². The molecule has 0 atom stereocenters. The van der Waals surface area contributed by atoms with Gasteiger partial charge in [-0.25, -0.2) is 13.2 Å². The van der Waals surface area contributed by atoms with Crippen LogP contribution in [0.25, 0.3) is 0 Å². The second-order valence-electron chi connectivity index (χ2n) is 4.53. The fraction of sp³-hybridized carbons (Fsp3) is 0.333. The minimum atomic E-state index is -4.03. The van der Waals surface area contributed by atoms with Gasteiger partial charge in [-0.15, -0.1) is 0 Å². The number of carboxylic acids is 1. The molecule has 116 valence electrons. The highest BCUT2D eigenvalue weighted by Gasteiger charge is 2.25. The summed E-state index contributed by atoms with van der Waals surface area (Å²) in [6.07, 6.45) is 0. The van der Waals surface area contributed by atoms with Gasteiger partial charge in [-0.2, -0.15) is 4.31 Å². The lowest BCUT2D eigenvalue weighted by atomic mass is 10.2. The Labute approximate surface area is 122 Å². The molecule has 0 bridgehead atoms. The standard InChI is InChI=1S/C12H16N2O6S/c1-13(2)11(16)7-14(3)21(19,20)8-4-5-10(15)9(6-8)12(17)18/h4-6,15H,7H2,1-3H3,(H,17,18). The highest BCUT2D eigenvalue weighted by Crippen LogP contribution is 2.23. The van der Waals surface area contributed by atoms with Crippen molar-refractivity contribution in [3.63, 3.8) is 0 Å². The van der Waals surface area contributed by atoms with E-state index in [0.29, 0.717) is 0 Å². The number of aromatic hydroxyl groups is 1. The zero-order chi connectivity index (χ0) is 16.4. The normalized spacial score (nSPS) is 11.4. The average molecular weight is 316 g/mol. The van der Waals surface area contributed by atoms with Gasteiger partial charge >= 0.3 is 5.97 Å². The Morgan fingerprint density at radius 3 is 2.24 bits per heavy atom. The number of carbonyl (C=O) groups excluding carboxylic acids is 1. The van der Waals surface area contributed by atoms with Crippen molar-refractivity contribution in [2.45, 2.75) is 4.90 Å². The Bertz CT molecular complexity index is 668. The molecule has 2 N–H and O–H groups in total. The van der Waals surface area contributed by atoms with Crippen molar-refractivity contribution < 1.29 is 28.2 Å². The number of carbonyl (C=O) groups is 2. The fourth-order valence-electron chi connectivity index (χ4n) is 1.44.